The van der Waals surface area contributed by atoms with E-state index in [1.54, 1.807) is 0 Å². The molecule has 0 aromatic carbocycles. The fourth-order valence-electron chi connectivity index (χ4n) is 1.60. The summed E-state index contributed by atoms with van der Waals surface area (Å²) in [6.07, 6.45) is 0.718. The molecular formula is C8H8ClN3O3. The molecule has 7 heteroatoms. The predicted octanol–water partition coefficient (Wildman–Crippen LogP) is 1.66. The van der Waals surface area contributed by atoms with Crippen LogP contribution in [0.25, 0.3) is 0 Å². The Morgan fingerprint density at radius 3 is 2.60 bits per heavy atom. The summed E-state index contributed by atoms with van der Waals surface area (Å²) in [6.45, 7) is 1.53. The first-order valence-electron chi connectivity index (χ1n) is 4.41. The maximum Gasteiger partial charge on any atom is 0.328 e. The van der Waals surface area contributed by atoms with Crippen LogP contribution in [-0.4, -0.2) is 20.5 Å². The van der Waals surface area contributed by atoms with Gasteiger partial charge in [0.25, 0.3) is 0 Å². The summed E-state index contributed by atoms with van der Waals surface area (Å²) in [4.78, 5) is 20.9. The molecule has 2 rings (SSSR count). The van der Waals surface area contributed by atoms with Crippen molar-refractivity contribution in [3.8, 4) is 0 Å². The van der Waals surface area contributed by atoms with E-state index in [1.807, 2.05) is 0 Å². The summed E-state index contributed by atoms with van der Waals surface area (Å²) in [5.74, 6) is 0.131. The zero-order valence-corrected chi connectivity index (χ0v) is 8.69. The van der Waals surface area contributed by atoms with Gasteiger partial charge in [-0.25, -0.2) is 4.68 Å². The number of nitro groups is 1. The van der Waals surface area contributed by atoms with E-state index < -0.39 is 4.92 Å². The molecule has 80 valence electrons. The largest absolute Gasteiger partial charge is 0.328 e. The second-order valence-corrected chi connectivity index (χ2v) is 3.89. The third kappa shape index (κ3) is 1.50. The molecular weight excluding hydrogens is 222 g/mol. The van der Waals surface area contributed by atoms with Crippen LogP contribution in [0.2, 0.25) is 5.15 Å². The maximum atomic E-state index is 10.8. The van der Waals surface area contributed by atoms with Crippen LogP contribution in [0.4, 0.5) is 5.69 Å². The summed E-state index contributed by atoms with van der Waals surface area (Å²) < 4.78 is 1.37. The topological polar surface area (TPSA) is 78.0 Å². The number of rotatable bonds is 2. The lowest BCUT2D eigenvalue weighted by Gasteiger charge is -2.24. The van der Waals surface area contributed by atoms with Crippen molar-refractivity contribution in [1.82, 2.24) is 9.78 Å². The number of nitrogens with zero attached hydrogens (tertiary/aromatic N) is 3. The Hall–Kier alpha value is -1.43. The Kier molecular flexibility index (Phi) is 2.22. The highest BCUT2D eigenvalue weighted by Gasteiger charge is 2.34. The summed E-state index contributed by atoms with van der Waals surface area (Å²) in [5, 5.41) is 14.6. The number of Topliss-reactive ketones (excluding diaryl/α,β-unsaturated/α-hetero) is 1. The average molecular weight is 230 g/mol. The minimum absolute atomic E-state index is 0.00926. The van der Waals surface area contributed by atoms with Crippen LogP contribution in [-0.2, 0) is 4.79 Å². The van der Waals surface area contributed by atoms with Crippen LogP contribution in [0.15, 0.2) is 0 Å². The number of halogens is 1. The molecule has 1 aromatic heterocycles. The molecule has 0 N–H and O–H groups in total. The first-order chi connectivity index (χ1) is 7.00. The average Bonchev–Trinajstić information content (AvgIpc) is 2.36. The van der Waals surface area contributed by atoms with Crippen LogP contribution in [0.3, 0.4) is 0 Å². The molecule has 1 fully saturated rings. The third-order valence-corrected chi connectivity index (χ3v) is 2.80. The Labute approximate surface area is 90.0 Å². The molecule has 1 saturated carbocycles. The van der Waals surface area contributed by atoms with E-state index >= 15 is 0 Å². The molecule has 15 heavy (non-hydrogen) atoms. The molecule has 0 radical (unpaired) electrons. The number of ketones is 1. The first kappa shape index (κ1) is 10.1. The highest BCUT2D eigenvalue weighted by molar-refractivity contribution is 6.31. The second kappa shape index (κ2) is 3.30. The fraction of sp³-hybridized carbons (Fsp3) is 0.500. The Morgan fingerprint density at radius 2 is 2.20 bits per heavy atom. The van der Waals surface area contributed by atoms with Crippen molar-refractivity contribution < 1.29 is 9.72 Å². The Balaban J connectivity index is 2.38. The fourth-order valence-corrected chi connectivity index (χ4v) is 1.98. The van der Waals surface area contributed by atoms with Crippen LogP contribution >= 0.6 is 11.6 Å². The highest BCUT2D eigenvalue weighted by Crippen LogP contribution is 2.36. The molecule has 1 aliphatic carbocycles. The van der Waals surface area contributed by atoms with E-state index in [1.165, 1.54) is 11.6 Å². The molecule has 0 spiro atoms. The highest BCUT2D eigenvalue weighted by atomic mass is 35.5. The number of hydrogen-bond donors (Lipinski definition) is 0. The zero-order chi connectivity index (χ0) is 11.2. The molecule has 1 aliphatic rings. The second-order valence-electron chi connectivity index (χ2n) is 3.53. The van der Waals surface area contributed by atoms with Gasteiger partial charge in [0.15, 0.2) is 0 Å². The van der Waals surface area contributed by atoms with Crippen molar-refractivity contribution >= 4 is 23.1 Å². The van der Waals surface area contributed by atoms with Crippen molar-refractivity contribution in [2.75, 3.05) is 0 Å². The minimum atomic E-state index is -0.554. The maximum absolute atomic E-state index is 10.8. The van der Waals surface area contributed by atoms with Gasteiger partial charge in [-0.3, -0.25) is 14.9 Å². The minimum Gasteiger partial charge on any atom is -0.300 e. The van der Waals surface area contributed by atoms with Crippen molar-refractivity contribution in [1.29, 1.82) is 0 Å². The molecule has 1 heterocycles. The first-order valence-corrected chi connectivity index (χ1v) is 4.79. The van der Waals surface area contributed by atoms with Gasteiger partial charge in [0, 0.05) is 12.8 Å². The zero-order valence-electron chi connectivity index (χ0n) is 7.94. The van der Waals surface area contributed by atoms with E-state index in [-0.39, 0.29) is 28.4 Å². The van der Waals surface area contributed by atoms with Gasteiger partial charge in [-0.1, -0.05) is 11.6 Å². The summed E-state index contributed by atoms with van der Waals surface area (Å²) in [5.41, 5.74) is 0.111. The number of carbonyl (C=O) groups excluding carboxylic acids is 1. The SMILES string of the molecule is Cc1nn(C2CC(=O)C2)c(Cl)c1[N+](=O)[O-]. The lowest BCUT2D eigenvalue weighted by Crippen LogP contribution is -2.27. The molecule has 0 unspecified atom stereocenters. The van der Waals surface area contributed by atoms with Gasteiger partial charge in [0.05, 0.1) is 11.0 Å². The van der Waals surface area contributed by atoms with Gasteiger partial charge < -0.3 is 0 Å². The van der Waals surface area contributed by atoms with Gasteiger partial charge in [-0.15, -0.1) is 0 Å². The lowest BCUT2D eigenvalue weighted by molar-refractivity contribution is -0.385. The molecule has 6 nitrogen and oxygen atoms in total. The van der Waals surface area contributed by atoms with Crippen LogP contribution < -0.4 is 0 Å². The van der Waals surface area contributed by atoms with E-state index in [2.05, 4.69) is 5.10 Å². The molecule has 0 saturated heterocycles. The lowest BCUT2D eigenvalue weighted by atomic mass is 9.92. The van der Waals surface area contributed by atoms with Gasteiger partial charge in [-0.05, 0) is 6.92 Å². The number of carbonyl (C=O) groups is 1. The number of aryl methyl sites for hydroxylation is 1. The Bertz CT molecular complexity index is 446. The van der Waals surface area contributed by atoms with Crippen LogP contribution in [0.5, 0.6) is 0 Å². The van der Waals surface area contributed by atoms with Gasteiger partial charge in [-0.2, -0.15) is 5.10 Å². The molecule has 0 amide bonds. The Morgan fingerprint density at radius 1 is 1.60 bits per heavy atom. The van der Waals surface area contributed by atoms with Crippen molar-refractivity contribution in [3.05, 3.63) is 21.0 Å². The normalized spacial score (nSPS) is 16.5. The van der Waals surface area contributed by atoms with Crippen LogP contribution in [0.1, 0.15) is 24.6 Å². The quantitative estimate of drug-likeness (QED) is 0.571. The summed E-state index contributed by atoms with van der Waals surface area (Å²) >= 11 is 5.83. The molecule has 0 aliphatic heterocycles. The smallest absolute Gasteiger partial charge is 0.300 e. The van der Waals surface area contributed by atoms with Crippen LogP contribution in [0, 0.1) is 17.0 Å². The standard InChI is InChI=1S/C8H8ClN3O3/c1-4-7(12(14)15)8(9)11(10-4)5-2-6(13)3-5/h5H,2-3H2,1H3. The van der Waals surface area contributed by atoms with E-state index in [4.69, 9.17) is 11.6 Å². The predicted molar refractivity (Wildman–Crippen MR) is 51.9 cm³/mol. The molecule has 0 atom stereocenters. The van der Waals surface area contributed by atoms with E-state index in [0.717, 1.165) is 0 Å². The molecule has 1 aromatic rings. The number of aromatic nitrogens is 2. The number of hydrogen-bond acceptors (Lipinski definition) is 4. The summed E-state index contributed by atoms with van der Waals surface area (Å²) in [6, 6.07) is -0.114. The van der Waals surface area contributed by atoms with E-state index in [9.17, 15) is 14.9 Å². The summed E-state index contributed by atoms with van der Waals surface area (Å²) in [7, 11) is 0. The van der Waals surface area contributed by atoms with Crippen molar-refractivity contribution in [3.63, 3.8) is 0 Å². The van der Waals surface area contributed by atoms with Gasteiger partial charge in [0.1, 0.15) is 11.5 Å². The third-order valence-electron chi connectivity index (χ3n) is 2.45. The van der Waals surface area contributed by atoms with Crippen molar-refractivity contribution in [2.24, 2.45) is 0 Å². The van der Waals surface area contributed by atoms with Gasteiger partial charge >= 0.3 is 5.69 Å². The van der Waals surface area contributed by atoms with Gasteiger partial charge in [0.2, 0.25) is 5.15 Å². The monoisotopic (exact) mass is 229 g/mol. The van der Waals surface area contributed by atoms with E-state index in [0.29, 0.717) is 12.8 Å². The molecule has 0 bridgehead atoms. The van der Waals surface area contributed by atoms with Crippen molar-refractivity contribution in [2.45, 2.75) is 25.8 Å².